The molecule has 9 heteroatoms. The summed E-state index contributed by atoms with van der Waals surface area (Å²) >= 11 is 0. The molecule has 8 nitrogen and oxygen atoms in total. The number of oxazole rings is 1. The molecule has 0 aliphatic rings. The Labute approximate surface area is 166 Å². The number of hydroxylamine groups is 1. The molecule has 4 N–H and O–H groups in total. The number of benzene rings is 2. The summed E-state index contributed by atoms with van der Waals surface area (Å²) in [4.78, 5) is 27.2. The summed E-state index contributed by atoms with van der Waals surface area (Å²) in [6, 6.07) is 10.8. The lowest BCUT2D eigenvalue weighted by Crippen LogP contribution is -2.29. The summed E-state index contributed by atoms with van der Waals surface area (Å²) in [5.74, 6) is -0.481. The van der Waals surface area contributed by atoms with Crippen molar-refractivity contribution in [2.75, 3.05) is 11.9 Å². The number of amides is 3. The fourth-order valence-corrected chi connectivity index (χ4v) is 2.77. The number of urea groups is 1. The maximum Gasteiger partial charge on any atom is 0.319 e. The fraction of sp³-hybridized carbons (Fsp3) is 0.250. The van der Waals surface area contributed by atoms with Crippen LogP contribution in [0.25, 0.3) is 22.6 Å². The number of aromatic nitrogens is 1. The summed E-state index contributed by atoms with van der Waals surface area (Å²) in [7, 11) is 0. The van der Waals surface area contributed by atoms with Gasteiger partial charge in [0.1, 0.15) is 11.3 Å². The van der Waals surface area contributed by atoms with E-state index in [1.54, 1.807) is 35.8 Å². The summed E-state index contributed by atoms with van der Waals surface area (Å²) in [5.41, 5.74) is 3.70. The highest BCUT2D eigenvalue weighted by Crippen LogP contribution is 2.26. The number of rotatable bonds is 8. The lowest BCUT2D eigenvalue weighted by atomic mass is 10.2. The van der Waals surface area contributed by atoms with Gasteiger partial charge in [0.2, 0.25) is 11.8 Å². The Bertz CT molecular complexity index is 1010. The van der Waals surface area contributed by atoms with Crippen LogP contribution in [0.15, 0.2) is 46.9 Å². The number of carbonyl (C=O) groups excluding carboxylic acids is 2. The summed E-state index contributed by atoms with van der Waals surface area (Å²) in [6.07, 6.45) is 2.34. The Morgan fingerprint density at radius 3 is 2.79 bits per heavy atom. The van der Waals surface area contributed by atoms with E-state index in [9.17, 15) is 14.0 Å². The Kier molecular flexibility index (Phi) is 6.75. The minimum atomic E-state index is -0.417. The van der Waals surface area contributed by atoms with Crippen LogP contribution in [0, 0.1) is 5.82 Å². The molecule has 0 aliphatic heterocycles. The summed E-state index contributed by atoms with van der Waals surface area (Å²) in [5, 5.41) is 13.9. The van der Waals surface area contributed by atoms with E-state index in [1.165, 1.54) is 12.1 Å². The van der Waals surface area contributed by atoms with Crippen LogP contribution in [0.1, 0.15) is 25.7 Å². The number of nitrogens with zero attached hydrogens (tertiary/aromatic N) is 1. The van der Waals surface area contributed by atoms with Gasteiger partial charge in [-0.1, -0.05) is 12.5 Å². The molecule has 3 rings (SSSR count). The van der Waals surface area contributed by atoms with Gasteiger partial charge in [0, 0.05) is 30.3 Å². The van der Waals surface area contributed by atoms with E-state index in [-0.39, 0.29) is 12.5 Å². The molecule has 0 spiro atoms. The number of nitrogens with one attached hydrogen (secondary N) is 3. The van der Waals surface area contributed by atoms with Gasteiger partial charge in [-0.2, -0.15) is 0 Å². The lowest BCUT2D eigenvalue weighted by Gasteiger charge is -2.08. The molecule has 3 aromatic rings. The minimum absolute atomic E-state index is 0.248. The molecule has 0 radical (unpaired) electrons. The first kappa shape index (κ1) is 20.3. The van der Waals surface area contributed by atoms with E-state index < -0.39 is 11.7 Å². The number of hydrogen-bond acceptors (Lipinski definition) is 5. The van der Waals surface area contributed by atoms with Gasteiger partial charge in [-0.05, 0) is 43.2 Å². The van der Waals surface area contributed by atoms with E-state index in [0.29, 0.717) is 47.6 Å². The van der Waals surface area contributed by atoms with Crippen LogP contribution in [-0.4, -0.2) is 28.7 Å². The highest BCUT2D eigenvalue weighted by Gasteiger charge is 2.10. The number of halogens is 1. The Hall–Kier alpha value is -3.46. The van der Waals surface area contributed by atoms with E-state index in [0.717, 1.165) is 6.42 Å². The van der Waals surface area contributed by atoms with Crippen LogP contribution in [0.5, 0.6) is 0 Å². The Morgan fingerprint density at radius 1 is 1.10 bits per heavy atom. The minimum Gasteiger partial charge on any atom is -0.436 e. The monoisotopic (exact) mass is 400 g/mol. The highest BCUT2D eigenvalue weighted by molar-refractivity contribution is 5.90. The molecule has 1 heterocycles. The molecule has 0 saturated carbocycles. The van der Waals surface area contributed by atoms with Crippen LogP contribution in [0.3, 0.4) is 0 Å². The molecule has 29 heavy (non-hydrogen) atoms. The summed E-state index contributed by atoms with van der Waals surface area (Å²) < 4.78 is 18.9. The first-order chi connectivity index (χ1) is 14.0. The van der Waals surface area contributed by atoms with Gasteiger partial charge in [-0.25, -0.2) is 19.6 Å². The predicted octanol–water partition coefficient (Wildman–Crippen LogP) is 3.82. The van der Waals surface area contributed by atoms with Gasteiger partial charge >= 0.3 is 6.03 Å². The van der Waals surface area contributed by atoms with E-state index >= 15 is 0 Å². The van der Waals surface area contributed by atoms with Crippen molar-refractivity contribution in [3.8, 4) is 11.5 Å². The van der Waals surface area contributed by atoms with Crippen molar-refractivity contribution in [2.45, 2.75) is 25.7 Å². The number of hydrogen-bond donors (Lipinski definition) is 4. The van der Waals surface area contributed by atoms with Crippen LogP contribution >= 0.6 is 0 Å². The quantitative estimate of drug-likeness (QED) is 0.261. The first-order valence-corrected chi connectivity index (χ1v) is 9.19. The second-order valence-corrected chi connectivity index (χ2v) is 6.44. The molecular weight excluding hydrogens is 379 g/mol. The molecule has 3 amide bonds. The molecule has 0 bridgehead atoms. The third kappa shape index (κ3) is 5.76. The van der Waals surface area contributed by atoms with Crippen molar-refractivity contribution in [1.29, 1.82) is 0 Å². The molecule has 0 fully saturated rings. The van der Waals surface area contributed by atoms with Gasteiger partial charge in [-0.3, -0.25) is 10.0 Å². The molecule has 0 unspecified atom stereocenters. The maximum absolute atomic E-state index is 13.3. The Balaban J connectivity index is 1.51. The van der Waals surface area contributed by atoms with Crippen LogP contribution in [0.4, 0.5) is 14.9 Å². The third-order valence-corrected chi connectivity index (χ3v) is 4.21. The molecular formula is C20H21FN4O4. The number of fused-ring (bicyclic) bond motifs is 1. The molecule has 2 aromatic carbocycles. The summed E-state index contributed by atoms with van der Waals surface area (Å²) in [6.45, 7) is 0.461. The zero-order valence-electron chi connectivity index (χ0n) is 15.6. The highest BCUT2D eigenvalue weighted by atomic mass is 19.1. The second-order valence-electron chi connectivity index (χ2n) is 6.44. The van der Waals surface area contributed by atoms with E-state index in [4.69, 9.17) is 9.62 Å². The van der Waals surface area contributed by atoms with Gasteiger partial charge in [0.25, 0.3) is 0 Å². The number of anilines is 1. The smallest absolute Gasteiger partial charge is 0.319 e. The van der Waals surface area contributed by atoms with Crippen molar-refractivity contribution in [3.05, 3.63) is 48.3 Å². The van der Waals surface area contributed by atoms with Crippen molar-refractivity contribution in [2.24, 2.45) is 0 Å². The largest absolute Gasteiger partial charge is 0.436 e. The molecule has 152 valence electrons. The van der Waals surface area contributed by atoms with Gasteiger partial charge in [-0.15, -0.1) is 0 Å². The first-order valence-electron chi connectivity index (χ1n) is 9.19. The molecule has 0 aliphatic carbocycles. The number of carbonyl (C=O) groups is 2. The zero-order valence-corrected chi connectivity index (χ0v) is 15.6. The van der Waals surface area contributed by atoms with Gasteiger partial charge < -0.3 is 15.1 Å². The maximum atomic E-state index is 13.3. The Morgan fingerprint density at radius 2 is 1.97 bits per heavy atom. The molecule has 0 saturated heterocycles. The predicted molar refractivity (Wildman–Crippen MR) is 105 cm³/mol. The third-order valence-electron chi connectivity index (χ3n) is 4.21. The van der Waals surface area contributed by atoms with Gasteiger partial charge in [0.05, 0.1) is 0 Å². The van der Waals surface area contributed by atoms with E-state index in [2.05, 4.69) is 15.6 Å². The van der Waals surface area contributed by atoms with Crippen molar-refractivity contribution < 1.29 is 23.6 Å². The van der Waals surface area contributed by atoms with Crippen molar-refractivity contribution in [3.63, 3.8) is 0 Å². The number of unbranched alkanes of at least 4 members (excludes halogenated alkanes) is 2. The fourth-order valence-electron chi connectivity index (χ4n) is 2.77. The lowest BCUT2D eigenvalue weighted by molar-refractivity contribution is -0.129. The van der Waals surface area contributed by atoms with Crippen LogP contribution in [-0.2, 0) is 4.79 Å². The normalized spacial score (nSPS) is 10.7. The molecule has 1 aromatic heterocycles. The van der Waals surface area contributed by atoms with Crippen LogP contribution < -0.4 is 16.1 Å². The topological polar surface area (TPSA) is 116 Å². The van der Waals surface area contributed by atoms with Crippen molar-refractivity contribution >= 4 is 28.7 Å². The average molecular weight is 400 g/mol. The van der Waals surface area contributed by atoms with E-state index in [1.807, 2.05) is 0 Å². The average Bonchev–Trinajstić information content (AvgIpc) is 3.13. The zero-order chi connectivity index (χ0) is 20.6. The SMILES string of the molecule is O=C(CCCCCNC(=O)Nc1cccc(-c2nc3ccc(F)cc3o2)c1)NO. The molecule has 0 atom stereocenters. The van der Waals surface area contributed by atoms with Crippen LogP contribution in [0.2, 0.25) is 0 Å². The standard InChI is InChI=1S/C20H21FN4O4/c21-14-8-9-16-17(12-14)29-19(24-16)13-5-4-6-15(11-13)23-20(27)22-10-3-1-2-7-18(26)25-28/h4-6,8-9,11-12,28H,1-3,7,10H2,(H,25,26)(H2,22,23,27). The second kappa shape index (κ2) is 9.65. The van der Waals surface area contributed by atoms with Crippen molar-refractivity contribution in [1.82, 2.24) is 15.8 Å². The van der Waals surface area contributed by atoms with Gasteiger partial charge in [0.15, 0.2) is 5.58 Å².